The molecule has 9 heterocycles. The van der Waals surface area contributed by atoms with E-state index in [2.05, 4.69) is 306 Å². The minimum absolute atomic E-state index is 0.603. The predicted octanol–water partition coefficient (Wildman–Crippen LogP) is 27.0. The maximum atomic E-state index is 5.22. The minimum Gasteiger partial charge on any atom is -0.264 e. The summed E-state index contributed by atoms with van der Waals surface area (Å²) in [5.74, 6) is 2.50. The monoisotopic (exact) mass is 1560 g/mol. The van der Waals surface area contributed by atoms with Crippen LogP contribution in [0.3, 0.4) is 0 Å². The third-order valence-electron chi connectivity index (χ3n) is 22.6. The Morgan fingerprint density at radius 2 is 0.516 bits per heavy atom. The molecule has 13 aromatic carbocycles. The van der Waals surface area contributed by atoms with E-state index < -0.39 is 0 Å². The Morgan fingerprint density at radius 3 is 1.01 bits per heavy atom. The molecule has 0 fully saturated rings. The first kappa shape index (κ1) is 73.2. The van der Waals surface area contributed by atoms with Gasteiger partial charge in [0.1, 0.15) is 0 Å². The molecule has 0 aliphatic heterocycles. The molecule has 122 heavy (non-hydrogen) atoms. The summed E-state index contributed by atoms with van der Waals surface area (Å²) in [6.07, 6.45) is 11.1. The molecule has 22 aromatic rings. The van der Waals surface area contributed by atoms with Gasteiger partial charge in [0.25, 0.3) is 0 Å². The molecule has 0 spiro atoms. The molecule has 0 saturated carbocycles. The smallest absolute Gasteiger partial charge is 0.164 e. The zero-order chi connectivity index (χ0) is 81.4. The van der Waals surface area contributed by atoms with Gasteiger partial charge in [-0.3, -0.25) is 24.9 Å². The van der Waals surface area contributed by atoms with Gasteiger partial charge in [-0.15, -0.1) is 0 Å². The highest BCUT2D eigenvalue weighted by Crippen LogP contribution is 2.42. The van der Waals surface area contributed by atoms with Crippen LogP contribution in [-0.2, 0) is 0 Å². The Hall–Kier alpha value is -16.4. The summed E-state index contributed by atoms with van der Waals surface area (Å²) in [6.45, 7) is 4.05. The summed E-state index contributed by atoms with van der Waals surface area (Å²) >= 11 is 0. The lowest BCUT2D eigenvalue weighted by Crippen LogP contribution is -2.00. The average molecular weight is 1560 g/mol. The molecule has 0 bridgehead atoms. The van der Waals surface area contributed by atoms with Crippen LogP contribution >= 0.6 is 0 Å². The van der Waals surface area contributed by atoms with Gasteiger partial charge in [0.05, 0.1) is 44.8 Å². The number of rotatable bonds is 14. The zero-order valence-electron chi connectivity index (χ0n) is 66.5. The van der Waals surface area contributed by atoms with E-state index in [0.717, 1.165) is 211 Å². The maximum absolute atomic E-state index is 5.22. The van der Waals surface area contributed by atoms with E-state index in [1.54, 1.807) is 6.20 Å². The van der Waals surface area contributed by atoms with Crippen molar-refractivity contribution in [3.05, 3.63) is 413 Å². The Bertz CT molecular complexity index is 7750. The van der Waals surface area contributed by atoms with E-state index in [9.17, 15) is 0 Å². The van der Waals surface area contributed by atoms with Crippen LogP contribution in [0.4, 0.5) is 0 Å². The quantitative estimate of drug-likeness (QED) is 0.0952. The summed E-state index contributed by atoms with van der Waals surface area (Å²) in [5, 5.41) is 8.76. The molecular weight excluding hydrogens is 1490 g/mol. The van der Waals surface area contributed by atoms with E-state index in [1.807, 2.05) is 118 Å². The normalized spacial score (nSPS) is 11.4. The van der Waals surface area contributed by atoms with Gasteiger partial charge >= 0.3 is 0 Å². The second-order valence-electron chi connectivity index (χ2n) is 30.5. The van der Waals surface area contributed by atoms with E-state index in [4.69, 9.17) is 44.9 Å². The van der Waals surface area contributed by atoms with E-state index >= 15 is 0 Å². The van der Waals surface area contributed by atoms with Gasteiger partial charge in [0.15, 0.2) is 23.3 Å². The Kier molecular flexibility index (Phi) is 19.1. The molecule has 22 rings (SSSR count). The van der Waals surface area contributed by atoms with Crippen LogP contribution in [0, 0.1) is 13.8 Å². The van der Waals surface area contributed by atoms with Gasteiger partial charge in [0, 0.05) is 125 Å². The zero-order valence-corrected chi connectivity index (χ0v) is 66.5. The summed E-state index contributed by atoms with van der Waals surface area (Å²) in [5.41, 5.74) is 30.0. The molecule has 0 saturated heterocycles. The van der Waals surface area contributed by atoms with Crippen molar-refractivity contribution in [2.45, 2.75) is 13.8 Å². The molecule has 0 amide bonds. The van der Waals surface area contributed by atoms with Crippen molar-refractivity contribution in [1.29, 1.82) is 0 Å². The van der Waals surface area contributed by atoms with E-state index in [1.165, 1.54) is 0 Å². The minimum atomic E-state index is 0.603. The van der Waals surface area contributed by atoms with Crippen LogP contribution in [0.1, 0.15) is 11.4 Å². The SMILES string of the molecule is Cc1ccc2ccc3c(-c4ccc(-c5cccc(-c6nc(-c7ccccc7)nc(-c7cccc(-c8cccc9cnccc89)c7)n6)c5)cc4)cc(-c4cccnc4)nc3c2n1.Cc1ccc2ccc3c(-c4cccc(-c5ccc(-c6cc(-c7ccccc7)nc(-c7cccc(-c8cccc9cnccc89)c7)n6)cc5)c4)cc(-c4ccccc4)nc3c2n1. The molecule has 0 N–H and O–H groups in total. The van der Waals surface area contributed by atoms with Gasteiger partial charge in [-0.1, -0.05) is 285 Å². The van der Waals surface area contributed by atoms with Crippen molar-refractivity contribution in [1.82, 2.24) is 59.8 Å². The van der Waals surface area contributed by atoms with Crippen LogP contribution < -0.4 is 0 Å². The van der Waals surface area contributed by atoms with Crippen molar-refractivity contribution >= 4 is 65.2 Å². The average Bonchev–Trinajstić information content (AvgIpc) is 0.757. The van der Waals surface area contributed by atoms with Gasteiger partial charge in [-0.25, -0.2) is 34.9 Å². The fourth-order valence-electron chi connectivity index (χ4n) is 16.4. The van der Waals surface area contributed by atoms with Gasteiger partial charge in [-0.05, 0) is 170 Å². The first-order valence-electron chi connectivity index (χ1n) is 40.7. The predicted molar refractivity (Wildman–Crippen MR) is 497 cm³/mol. The summed E-state index contributed by atoms with van der Waals surface area (Å²) < 4.78 is 0. The van der Waals surface area contributed by atoms with E-state index in [-0.39, 0.29) is 0 Å². The lowest BCUT2D eigenvalue weighted by molar-refractivity contribution is 1.07. The molecule has 12 nitrogen and oxygen atoms in total. The number of aryl methyl sites for hydroxylation is 2. The number of nitrogens with zero attached hydrogens (tertiary/aromatic N) is 12. The standard InChI is InChI=1S/C56H37N5.C54H35N7/c1-36-21-22-41-27-28-49-50(33-51(38-11-4-2-5-12-38)59-55(49)54(41)58-36)44-17-8-15-42(31-44)37-23-25-40(26-24-37)53-34-52(39-13-6-3-7-14-39)60-56(61-53)45-18-9-16-43(32-45)47-20-10-19-46-35-57-30-29-48(46)47;1-34-18-19-37-24-25-47-48(31-49(44-16-8-27-55-33-44)58-51(47)50(37)57-34)36-22-20-35(21-23-36)39-11-5-13-41(29-39)53-59-52(38-9-3-2-4-10-38)60-54(61-53)42-14-6-12-40(30-42)45-17-7-15-43-32-56-28-26-46(43)45/h2-35H,1H3;2-33H,1H3. The maximum Gasteiger partial charge on any atom is 0.164 e. The van der Waals surface area contributed by atoms with Gasteiger partial charge in [0.2, 0.25) is 0 Å². The van der Waals surface area contributed by atoms with Crippen LogP contribution in [0.25, 0.3) is 222 Å². The largest absolute Gasteiger partial charge is 0.264 e. The Labute approximate surface area is 704 Å². The summed E-state index contributed by atoms with van der Waals surface area (Å²) in [7, 11) is 0. The summed E-state index contributed by atoms with van der Waals surface area (Å²) in [6, 6.07) is 127. The molecule has 9 aromatic heterocycles. The Morgan fingerprint density at radius 1 is 0.164 bits per heavy atom. The first-order valence-corrected chi connectivity index (χ1v) is 40.7. The van der Waals surface area contributed by atoms with E-state index in [0.29, 0.717) is 23.3 Å². The molecule has 0 atom stereocenters. The molecule has 0 radical (unpaired) electrons. The molecule has 572 valence electrons. The number of pyridine rings is 7. The summed E-state index contributed by atoms with van der Waals surface area (Å²) in [4.78, 5) is 58.9. The number of hydrogen-bond acceptors (Lipinski definition) is 12. The number of hydrogen-bond donors (Lipinski definition) is 0. The molecular formula is C110H72N12. The number of benzene rings is 13. The fourth-order valence-corrected chi connectivity index (χ4v) is 16.4. The molecule has 0 unspecified atom stereocenters. The fraction of sp³-hybridized carbons (Fsp3) is 0.0182. The van der Waals surface area contributed by atoms with Crippen LogP contribution in [0.15, 0.2) is 401 Å². The number of aromatic nitrogens is 12. The van der Waals surface area contributed by atoms with Crippen LogP contribution in [0.2, 0.25) is 0 Å². The Balaban J connectivity index is 0.000000150. The van der Waals surface area contributed by atoms with Crippen molar-refractivity contribution < 1.29 is 0 Å². The lowest BCUT2D eigenvalue weighted by Gasteiger charge is -2.14. The molecule has 0 aliphatic carbocycles. The molecule has 12 heteroatoms. The highest BCUT2D eigenvalue weighted by Gasteiger charge is 2.21. The third-order valence-corrected chi connectivity index (χ3v) is 22.6. The second kappa shape index (κ2) is 31.9. The third kappa shape index (κ3) is 14.6. The van der Waals surface area contributed by atoms with Crippen molar-refractivity contribution in [2.75, 3.05) is 0 Å². The van der Waals surface area contributed by atoms with Gasteiger partial charge < -0.3 is 0 Å². The van der Waals surface area contributed by atoms with Crippen LogP contribution in [0.5, 0.6) is 0 Å². The molecule has 0 aliphatic rings. The van der Waals surface area contributed by atoms with Crippen LogP contribution in [-0.4, -0.2) is 59.8 Å². The highest BCUT2D eigenvalue weighted by atomic mass is 15.0. The number of fused-ring (bicyclic) bond motifs is 8. The van der Waals surface area contributed by atoms with Crippen molar-refractivity contribution in [3.63, 3.8) is 0 Å². The first-order chi connectivity index (χ1) is 60.2. The highest BCUT2D eigenvalue weighted by molar-refractivity contribution is 6.11. The van der Waals surface area contributed by atoms with Crippen molar-refractivity contribution in [3.8, 4) is 157 Å². The lowest BCUT2D eigenvalue weighted by atomic mass is 9.94. The topological polar surface area (TPSA) is 155 Å². The second-order valence-corrected chi connectivity index (χ2v) is 30.5. The van der Waals surface area contributed by atoms with Gasteiger partial charge in [-0.2, -0.15) is 0 Å². The van der Waals surface area contributed by atoms with Crippen molar-refractivity contribution in [2.24, 2.45) is 0 Å².